The number of methoxy groups -OCH3 is 1. The van der Waals surface area contributed by atoms with Crippen LogP contribution in [0.25, 0.3) is 0 Å². The van der Waals surface area contributed by atoms with Crippen LogP contribution in [0.15, 0.2) is 30.3 Å². The number of rotatable bonds is 8. The number of anilines is 1. The lowest BCUT2D eigenvalue weighted by atomic mass is 10.1. The Morgan fingerprint density at radius 1 is 1.11 bits per heavy atom. The monoisotopic (exact) mass is 377 g/mol. The van der Waals surface area contributed by atoms with Gasteiger partial charge in [-0.3, -0.25) is 4.79 Å². The SMILES string of the molecule is CCOc1cc(C(=O)Nc2cc(F)c(OC)cc2C)ccc1OCC(=O)O. The van der Waals surface area contributed by atoms with E-state index in [0.717, 1.165) is 0 Å². The van der Waals surface area contributed by atoms with E-state index in [1.54, 1.807) is 13.8 Å². The lowest BCUT2D eigenvalue weighted by molar-refractivity contribution is -0.139. The van der Waals surface area contributed by atoms with Crippen LogP contribution in [-0.2, 0) is 4.79 Å². The molecule has 0 aliphatic carbocycles. The highest BCUT2D eigenvalue weighted by molar-refractivity contribution is 6.05. The van der Waals surface area contributed by atoms with E-state index in [2.05, 4.69) is 5.32 Å². The fraction of sp³-hybridized carbons (Fsp3) is 0.263. The molecule has 0 aromatic heterocycles. The lowest BCUT2D eigenvalue weighted by Crippen LogP contribution is -2.14. The largest absolute Gasteiger partial charge is 0.494 e. The Bertz CT molecular complexity index is 852. The van der Waals surface area contributed by atoms with Crippen molar-refractivity contribution in [2.45, 2.75) is 13.8 Å². The summed E-state index contributed by atoms with van der Waals surface area (Å²) in [4.78, 5) is 23.2. The molecule has 0 aliphatic heterocycles. The molecule has 0 bridgehead atoms. The molecule has 2 aromatic rings. The molecule has 0 fully saturated rings. The van der Waals surface area contributed by atoms with Crippen LogP contribution >= 0.6 is 0 Å². The molecule has 0 spiro atoms. The Labute approximate surface area is 155 Å². The van der Waals surface area contributed by atoms with Crippen LogP contribution in [0.1, 0.15) is 22.8 Å². The van der Waals surface area contributed by atoms with Crippen LogP contribution in [0.5, 0.6) is 17.2 Å². The quantitative estimate of drug-likeness (QED) is 0.733. The van der Waals surface area contributed by atoms with Crippen molar-refractivity contribution in [1.29, 1.82) is 0 Å². The van der Waals surface area contributed by atoms with E-state index in [1.807, 2.05) is 0 Å². The number of halogens is 1. The van der Waals surface area contributed by atoms with Crippen LogP contribution in [-0.4, -0.2) is 37.3 Å². The van der Waals surface area contributed by atoms with Gasteiger partial charge in [0.2, 0.25) is 0 Å². The number of carboxylic acids is 1. The standard InChI is InChI=1S/C19H20FNO6/c1-4-26-17-8-12(5-6-15(17)27-10-18(22)23)19(24)21-14-9-13(20)16(25-3)7-11(14)2/h5-9H,4,10H2,1-3H3,(H,21,24)(H,22,23). The maximum atomic E-state index is 13.9. The molecule has 27 heavy (non-hydrogen) atoms. The van der Waals surface area contributed by atoms with Gasteiger partial charge in [-0.05, 0) is 43.7 Å². The van der Waals surface area contributed by atoms with Gasteiger partial charge >= 0.3 is 5.97 Å². The normalized spacial score (nSPS) is 10.2. The molecule has 0 aliphatic rings. The van der Waals surface area contributed by atoms with E-state index in [1.165, 1.54) is 37.4 Å². The van der Waals surface area contributed by atoms with E-state index in [-0.39, 0.29) is 22.8 Å². The third-order valence-corrected chi connectivity index (χ3v) is 3.60. The molecule has 2 N–H and O–H groups in total. The summed E-state index contributed by atoms with van der Waals surface area (Å²) < 4.78 is 29.3. The fourth-order valence-electron chi connectivity index (χ4n) is 2.32. The summed E-state index contributed by atoms with van der Waals surface area (Å²) in [6.07, 6.45) is 0. The lowest BCUT2D eigenvalue weighted by Gasteiger charge is -2.14. The van der Waals surface area contributed by atoms with Crippen LogP contribution in [0.3, 0.4) is 0 Å². The van der Waals surface area contributed by atoms with Crippen molar-refractivity contribution in [3.8, 4) is 17.2 Å². The van der Waals surface area contributed by atoms with E-state index in [9.17, 15) is 14.0 Å². The number of nitrogens with one attached hydrogen (secondary N) is 1. The zero-order valence-corrected chi connectivity index (χ0v) is 15.2. The van der Waals surface area contributed by atoms with Crippen molar-refractivity contribution in [3.63, 3.8) is 0 Å². The number of carbonyl (C=O) groups excluding carboxylic acids is 1. The zero-order valence-electron chi connectivity index (χ0n) is 15.2. The molecule has 0 radical (unpaired) electrons. The van der Waals surface area contributed by atoms with E-state index < -0.39 is 24.3 Å². The van der Waals surface area contributed by atoms with Crippen molar-refractivity contribution >= 4 is 17.6 Å². The molecule has 7 nitrogen and oxygen atoms in total. The third-order valence-electron chi connectivity index (χ3n) is 3.60. The molecule has 2 rings (SSSR count). The number of carbonyl (C=O) groups is 2. The molecule has 144 valence electrons. The van der Waals surface area contributed by atoms with Gasteiger partial charge in [-0.1, -0.05) is 0 Å². The van der Waals surface area contributed by atoms with Crippen molar-refractivity contribution in [2.24, 2.45) is 0 Å². The summed E-state index contributed by atoms with van der Waals surface area (Å²) in [6.45, 7) is 3.23. The highest BCUT2D eigenvalue weighted by atomic mass is 19.1. The summed E-state index contributed by atoms with van der Waals surface area (Å²) in [6, 6.07) is 7.01. The second-order valence-corrected chi connectivity index (χ2v) is 5.53. The van der Waals surface area contributed by atoms with Gasteiger partial charge in [0, 0.05) is 17.3 Å². The van der Waals surface area contributed by atoms with Crippen LogP contribution in [0.4, 0.5) is 10.1 Å². The number of aliphatic carboxylic acids is 1. The average Bonchev–Trinajstić information content (AvgIpc) is 2.63. The van der Waals surface area contributed by atoms with Crippen molar-refractivity contribution in [3.05, 3.63) is 47.3 Å². The minimum Gasteiger partial charge on any atom is -0.494 e. The molecule has 0 heterocycles. The first-order valence-electron chi connectivity index (χ1n) is 8.12. The molecule has 2 aromatic carbocycles. The first-order chi connectivity index (χ1) is 12.8. The van der Waals surface area contributed by atoms with Gasteiger partial charge in [-0.2, -0.15) is 0 Å². The van der Waals surface area contributed by atoms with Gasteiger partial charge < -0.3 is 24.6 Å². The molecule has 0 saturated heterocycles. The second kappa shape index (κ2) is 8.88. The van der Waals surface area contributed by atoms with Crippen LogP contribution < -0.4 is 19.5 Å². The van der Waals surface area contributed by atoms with E-state index >= 15 is 0 Å². The van der Waals surface area contributed by atoms with Crippen LogP contribution in [0.2, 0.25) is 0 Å². The predicted octanol–water partition coefficient (Wildman–Crippen LogP) is 3.26. The summed E-state index contributed by atoms with van der Waals surface area (Å²) in [5.74, 6) is -1.66. The number of hydrogen-bond donors (Lipinski definition) is 2. The summed E-state index contributed by atoms with van der Waals surface area (Å²) in [5, 5.41) is 11.4. The zero-order chi connectivity index (χ0) is 20.0. The topological polar surface area (TPSA) is 94.1 Å². The molecule has 0 atom stereocenters. The number of amides is 1. The number of benzene rings is 2. The van der Waals surface area contributed by atoms with Gasteiger partial charge in [-0.25, -0.2) is 9.18 Å². The van der Waals surface area contributed by atoms with Gasteiger partial charge in [0.25, 0.3) is 5.91 Å². The molecule has 0 unspecified atom stereocenters. The molecule has 0 saturated carbocycles. The van der Waals surface area contributed by atoms with Gasteiger partial charge in [-0.15, -0.1) is 0 Å². The summed E-state index contributed by atoms with van der Waals surface area (Å²) in [5.41, 5.74) is 1.19. The molecule has 8 heteroatoms. The minimum absolute atomic E-state index is 0.0871. The molecular weight excluding hydrogens is 357 g/mol. The summed E-state index contributed by atoms with van der Waals surface area (Å²) >= 11 is 0. The third kappa shape index (κ3) is 5.10. The summed E-state index contributed by atoms with van der Waals surface area (Å²) in [7, 11) is 1.36. The smallest absolute Gasteiger partial charge is 0.341 e. The highest BCUT2D eigenvalue weighted by Crippen LogP contribution is 2.30. The number of ether oxygens (including phenoxy) is 3. The maximum absolute atomic E-state index is 13.9. The van der Waals surface area contributed by atoms with Crippen molar-refractivity contribution < 1.29 is 33.3 Å². The fourth-order valence-corrected chi connectivity index (χ4v) is 2.32. The average molecular weight is 377 g/mol. The van der Waals surface area contributed by atoms with Gasteiger partial charge in [0.15, 0.2) is 29.7 Å². The predicted molar refractivity (Wildman–Crippen MR) is 96.4 cm³/mol. The first-order valence-corrected chi connectivity index (χ1v) is 8.12. The van der Waals surface area contributed by atoms with Crippen molar-refractivity contribution in [2.75, 3.05) is 25.6 Å². The number of aryl methyl sites for hydroxylation is 1. The molecule has 1 amide bonds. The Morgan fingerprint density at radius 3 is 2.48 bits per heavy atom. The highest BCUT2D eigenvalue weighted by Gasteiger charge is 2.15. The second-order valence-electron chi connectivity index (χ2n) is 5.53. The maximum Gasteiger partial charge on any atom is 0.341 e. The molecular formula is C19H20FNO6. The van der Waals surface area contributed by atoms with E-state index in [0.29, 0.717) is 17.9 Å². The first kappa shape index (κ1) is 20.0. The van der Waals surface area contributed by atoms with Crippen LogP contribution in [0, 0.1) is 12.7 Å². The Balaban J connectivity index is 2.24. The Hall–Kier alpha value is -3.29. The van der Waals surface area contributed by atoms with Gasteiger partial charge in [0.05, 0.1) is 13.7 Å². The Kier molecular flexibility index (Phi) is 6.59. The Morgan fingerprint density at radius 2 is 1.85 bits per heavy atom. The van der Waals surface area contributed by atoms with E-state index in [4.69, 9.17) is 19.3 Å². The minimum atomic E-state index is -1.13. The van der Waals surface area contributed by atoms with Gasteiger partial charge in [0.1, 0.15) is 0 Å². The van der Waals surface area contributed by atoms with Crippen molar-refractivity contribution in [1.82, 2.24) is 0 Å². The number of carboxylic acid groups (broad SMARTS) is 1. The number of hydrogen-bond acceptors (Lipinski definition) is 5.